The van der Waals surface area contributed by atoms with Crippen LogP contribution < -0.4 is 19.7 Å². The van der Waals surface area contributed by atoms with Gasteiger partial charge in [0.05, 0.1) is 5.69 Å². The second-order valence-corrected chi connectivity index (χ2v) is 8.07. The molecule has 8 nitrogen and oxygen atoms in total. The van der Waals surface area contributed by atoms with Crippen LogP contribution in [0.3, 0.4) is 0 Å². The lowest BCUT2D eigenvalue weighted by atomic mass is 10.0. The number of benzene rings is 2. The molecule has 32 heavy (non-hydrogen) atoms. The Bertz CT molecular complexity index is 1140. The average molecular weight is 431 g/mol. The van der Waals surface area contributed by atoms with Gasteiger partial charge in [-0.2, -0.15) is 0 Å². The van der Waals surface area contributed by atoms with Crippen LogP contribution in [0.2, 0.25) is 0 Å². The summed E-state index contributed by atoms with van der Waals surface area (Å²) in [5.41, 5.74) is 5.08. The third-order valence-corrected chi connectivity index (χ3v) is 5.82. The van der Waals surface area contributed by atoms with E-state index < -0.39 is 0 Å². The first kappa shape index (κ1) is 20.1. The predicted octanol–water partition coefficient (Wildman–Crippen LogP) is 3.84. The summed E-state index contributed by atoms with van der Waals surface area (Å²) < 4.78 is 10.7. The number of ether oxygens (including phenoxy) is 2. The summed E-state index contributed by atoms with van der Waals surface area (Å²) in [7, 11) is 0. The minimum Gasteiger partial charge on any atom is -0.454 e. The van der Waals surface area contributed by atoms with Gasteiger partial charge in [0.2, 0.25) is 6.79 Å². The van der Waals surface area contributed by atoms with Crippen LogP contribution in [0, 0.1) is 13.8 Å². The molecule has 1 N–H and O–H groups in total. The Labute approximate surface area is 186 Å². The van der Waals surface area contributed by atoms with Crippen molar-refractivity contribution in [3.63, 3.8) is 0 Å². The number of nitrogens with zero attached hydrogens (tertiary/aromatic N) is 4. The van der Waals surface area contributed by atoms with Crippen LogP contribution >= 0.6 is 0 Å². The third-order valence-electron chi connectivity index (χ3n) is 5.82. The van der Waals surface area contributed by atoms with Crippen LogP contribution in [0.5, 0.6) is 11.5 Å². The second kappa shape index (κ2) is 8.37. The van der Waals surface area contributed by atoms with Crippen LogP contribution in [0.15, 0.2) is 48.5 Å². The Morgan fingerprint density at radius 1 is 0.906 bits per heavy atom. The van der Waals surface area contributed by atoms with E-state index in [2.05, 4.69) is 52.5 Å². The molecule has 2 aliphatic rings. The maximum atomic E-state index is 12.7. The van der Waals surface area contributed by atoms with Gasteiger partial charge in [0.25, 0.3) is 0 Å². The van der Waals surface area contributed by atoms with Crippen molar-refractivity contribution >= 4 is 17.5 Å². The summed E-state index contributed by atoms with van der Waals surface area (Å²) in [6.07, 6.45) is 0. The summed E-state index contributed by atoms with van der Waals surface area (Å²) in [6.45, 7) is 7.00. The molecule has 0 bridgehead atoms. The highest BCUT2D eigenvalue weighted by Gasteiger charge is 2.23. The van der Waals surface area contributed by atoms with Crippen molar-refractivity contribution in [2.75, 3.05) is 43.2 Å². The highest BCUT2D eigenvalue weighted by molar-refractivity contribution is 5.90. The van der Waals surface area contributed by atoms with Gasteiger partial charge >= 0.3 is 6.03 Å². The average Bonchev–Trinajstić information content (AvgIpc) is 3.27. The number of carbonyl (C=O) groups is 1. The van der Waals surface area contributed by atoms with Crippen molar-refractivity contribution in [1.82, 2.24) is 15.1 Å². The number of fused-ring (bicyclic) bond motifs is 1. The van der Waals surface area contributed by atoms with E-state index >= 15 is 0 Å². The Balaban J connectivity index is 1.18. The molecule has 0 unspecified atom stereocenters. The molecule has 5 rings (SSSR count). The first-order valence-electron chi connectivity index (χ1n) is 10.7. The molecular weight excluding hydrogens is 406 g/mol. The molecule has 2 amide bonds. The molecular formula is C24H25N5O3. The number of hydrogen-bond donors (Lipinski definition) is 1. The van der Waals surface area contributed by atoms with E-state index in [1.54, 1.807) is 17.0 Å². The first-order valence-corrected chi connectivity index (χ1v) is 10.7. The summed E-state index contributed by atoms with van der Waals surface area (Å²) in [6, 6.07) is 15.6. The van der Waals surface area contributed by atoms with E-state index in [-0.39, 0.29) is 12.8 Å². The minimum atomic E-state index is -0.125. The van der Waals surface area contributed by atoms with Gasteiger partial charge in [-0.1, -0.05) is 23.8 Å². The SMILES string of the molecule is Cc1ccc(-c2ccc(N3CCN(C(=O)Nc4ccc5c(c4)OCO5)CC3)nn2)c(C)c1. The van der Waals surface area contributed by atoms with Gasteiger partial charge in [-0.05, 0) is 43.7 Å². The smallest absolute Gasteiger partial charge is 0.321 e. The molecule has 1 fully saturated rings. The van der Waals surface area contributed by atoms with Crippen LogP contribution in [0.25, 0.3) is 11.3 Å². The molecule has 0 spiro atoms. The monoisotopic (exact) mass is 431 g/mol. The van der Waals surface area contributed by atoms with Crippen LogP contribution in [-0.2, 0) is 0 Å². The van der Waals surface area contributed by atoms with Crippen molar-refractivity contribution in [2.45, 2.75) is 13.8 Å². The van der Waals surface area contributed by atoms with Gasteiger partial charge in [-0.25, -0.2) is 4.79 Å². The first-order chi connectivity index (χ1) is 15.6. The number of hydrogen-bond acceptors (Lipinski definition) is 6. The number of nitrogens with one attached hydrogen (secondary N) is 1. The van der Waals surface area contributed by atoms with Crippen molar-refractivity contribution in [1.29, 1.82) is 0 Å². The molecule has 3 aromatic rings. The number of rotatable bonds is 3. The van der Waals surface area contributed by atoms with E-state index in [1.165, 1.54) is 11.1 Å². The second-order valence-electron chi connectivity index (χ2n) is 8.07. The summed E-state index contributed by atoms with van der Waals surface area (Å²) in [5, 5.41) is 11.8. The van der Waals surface area contributed by atoms with Gasteiger partial charge in [-0.3, -0.25) is 0 Å². The number of anilines is 2. The lowest BCUT2D eigenvalue weighted by molar-refractivity contribution is 0.174. The predicted molar refractivity (Wildman–Crippen MR) is 122 cm³/mol. The molecule has 0 aliphatic carbocycles. The Morgan fingerprint density at radius 3 is 2.47 bits per heavy atom. The van der Waals surface area contributed by atoms with Crippen LogP contribution in [-0.4, -0.2) is 54.1 Å². The fourth-order valence-electron chi connectivity index (χ4n) is 4.05. The number of urea groups is 1. The van der Waals surface area contributed by atoms with Crippen LogP contribution in [0.4, 0.5) is 16.3 Å². The summed E-state index contributed by atoms with van der Waals surface area (Å²) >= 11 is 0. The molecule has 0 radical (unpaired) electrons. The van der Waals surface area contributed by atoms with E-state index in [4.69, 9.17) is 9.47 Å². The van der Waals surface area contributed by atoms with E-state index in [0.717, 1.165) is 17.1 Å². The van der Waals surface area contributed by atoms with Gasteiger partial charge in [-0.15, -0.1) is 10.2 Å². The molecule has 8 heteroatoms. The Hall–Kier alpha value is -3.81. The van der Waals surface area contributed by atoms with Gasteiger partial charge in [0, 0.05) is 43.5 Å². The van der Waals surface area contributed by atoms with E-state index in [1.807, 2.05) is 18.2 Å². The zero-order valence-electron chi connectivity index (χ0n) is 18.2. The zero-order chi connectivity index (χ0) is 22.1. The van der Waals surface area contributed by atoms with E-state index in [9.17, 15) is 4.79 Å². The van der Waals surface area contributed by atoms with Gasteiger partial charge in [0.15, 0.2) is 17.3 Å². The largest absolute Gasteiger partial charge is 0.454 e. The topological polar surface area (TPSA) is 79.8 Å². The van der Waals surface area contributed by atoms with Crippen molar-refractivity contribution in [2.24, 2.45) is 0 Å². The highest BCUT2D eigenvalue weighted by atomic mass is 16.7. The molecule has 1 aromatic heterocycles. The van der Waals surface area contributed by atoms with Crippen molar-refractivity contribution in [3.05, 3.63) is 59.7 Å². The summed E-state index contributed by atoms with van der Waals surface area (Å²) in [5.74, 6) is 2.17. The molecule has 164 valence electrons. The fourth-order valence-corrected chi connectivity index (χ4v) is 4.05. The van der Waals surface area contributed by atoms with Crippen molar-refractivity contribution in [3.8, 4) is 22.8 Å². The number of amides is 2. The van der Waals surface area contributed by atoms with Crippen LogP contribution in [0.1, 0.15) is 11.1 Å². The van der Waals surface area contributed by atoms with Gasteiger partial charge in [0.1, 0.15) is 0 Å². The number of piperazine rings is 1. The van der Waals surface area contributed by atoms with Crippen molar-refractivity contribution < 1.29 is 14.3 Å². The maximum absolute atomic E-state index is 12.7. The Morgan fingerprint density at radius 2 is 1.72 bits per heavy atom. The lowest BCUT2D eigenvalue weighted by Gasteiger charge is -2.35. The molecule has 2 aromatic carbocycles. The summed E-state index contributed by atoms with van der Waals surface area (Å²) in [4.78, 5) is 16.6. The maximum Gasteiger partial charge on any atom is 0.321 e. The molecule has 0 saturated carbocycles. The quantitative estimate of drug-likeness (QED) is 0.679. The zero-order valence-corrected chi connectivity index (χ0v) is 18.2. The standard InChI is InChI=1S/C24H25N5O3/c1-16-3-5-19(17(2)13-16)20-6-8-23(27-26-20)28-9-11-29(12-10-28)24(30)25-18-4-7-21-22(14-18)32-15-31-21/h3-8,13-14H,9-12,15H2,1-2H3,(H,25,30). The lowest BCUT2D eigenvalue weighted by Crippen LogP contribution is -2.50. The molecule has 2 aliphatic heterocycles. The Kier molecular flexibility index (Phi) is 5.26. The van der Waals surface area contributed by atoms with E-state index in [0.29, 0.717) is 43.4 Å². The minimum absolute atomic E-state index is 0.125. The molecule has 0 atom stereocenters. The number of aryl methyl sites for hydroxylation is 2. The van der Waals surface area contributed by atoms with Gasteiger partial charge < -0.3 is 24.6 Å². The number of carbonyl (C=O) groups excluding carboxylic acids is 1. The highest BCUT2D eigenvalue weighted by Crippen LogP contribution is 2.34. The normalized spacial score (nSPS) is 15.1. The third kappa shape index (κ3) is 4.03. The fraction of sp³-hybridized carbons (Fsp3) is 0.292. The number of aromatic nitrogens is 2. The molecule has 1 saturated heterocycles. The molecule has 3 heterocycles.